The summed E-state index contributed by atoms with van der Waals surface area (Å²) in [5.74, 6) is -0.286. The van der Waals surface area contributed by atoms with Gasteiger partial charge < -0.3 is 5.32 Å². The van der Waals surface area contributed by atoms with Gasteiger partial charge in [-0.05, 0) is 56.2 Å². The van der Waals surface area contributed by atoms with Crippen molar-refractivity contribution >= 4 is 33.0 Å². The summed E-state index contributed by atoms with van der Waals surface area (Å²) in [6, 6.07) is 17.9. The fraction of sp³-hybridized carbons (Fsp3) is 0.174. The van der Waals surface area contributed by atoms with Gasteiger partial charge in [0.25, 0.3) is 15.7 Å². The number of carbonyl (C=O) groups excluding carboxylic acids is 1. The second-order valence-corrected chi connectivity index (χ2v) is 9.05. The first-order valence-electron chi connectivity index (χ1n) is 9.88. The molecule has 0 saturated carbocycles. The Balaban J connectivity index is 1.60. The lowest BCUT2D eigenvalue weighted by atomic mass is 10.1. The van der Waals surface area contributed by atoms with E-state index in [1.807, 2.05) is 19.1 Å². The smallest absolute Gasteiger partial charge is 0.274 e. The molecule has 0 bridgehead atoms. The molecule has 0 heterocycles. The summed E-state index contributed by atoms with van der Waals surface area (Å²) in [7, 11) is -3.72. The molecule has 3 rings (SSSR count). The average Bonchev–Trinajstić information content (AvgIpc) is 2.75. The molecule has 0 unspecified atom stereocenters. The van der Waals surface area contributed by atoms with Gasteiger partial charge in [-0.2, -0.15) is 0 Å². The van der Waals surface area contributed by atoms with E-state index in [2.05, 4.69) is 10.0 Å². The van der Waals surface area contributed by atoms with Gasteiger partial charge in [0, 0.05) is 18.2 Å². The normalized spacial score (nSPS) is 11.1. The number of benzene rings is 3. The molecule has 9 heteroatoms. The average molecular weight is 454 g/mol. The molecular weight excluding hydrogens is 430 g/mol. The van der Waals surface area contributed by atoms with Crippen LogP contribution in [0.4, 0.5) is 17.1 Å². The molecule has 1 amide bonds. The van der Waals surface area contributed by atoms with Gasteiger partial charge in [0.2, 0.25) is 5.91 Å². The highest BCUT2D eigenvalue weighted by molar-refractivity contribution is 7.92. The quantitative estimate of drug-likeness (QED) is 0.382. The van der Waals surface area contributed by atoms with Crippen LogP contribution in [0.15, 0.2) is 71.6 Å². The van der Waals surface area contributed by atoms with Gasteiger partial charge in [-0.1, -0.05) is 35.9 Å². The molecule has 0 saturated heterocycles. The zero-order chi connectivity index (χ0) is 23.3. The number of nitro groups is 1. The first-order chi connectivity index (χ1) is 15.2. The summed E-state index contributed by atoms with van der Waals surface area (Å²) in [5, 5.41) is 13.7. The molecule has 32 heavy (non-hydrogen) atoms. The van der Waals surface area contributed by atoms with Gasteiger partial charge >= 0.3 is 0 Å². The number of anilines is 2. The van der Waals surface area contributed by atoms with Crippen LogP contribution in [0.1, 0.15) is 23.1 Å². The standard InChI is InChI=1S/C23H23N3O5S/c1-16-6-11-19(12-7-16)25-32(30,31)20-13-8-18(9-14-20)10-15-23(27)24-21-4-3-5-22(17(21)2)26(28)29/h3-9,11-14,25H,10,15H2,1-2H3,(H,24,27). The third-order valence-corrected chi connectivity index (χ3v) is 6.35. The lowest BCUT2D eigenvalue weighted by Gasteiger charge is -2.10. The van der Waals surface area contributed by atoms with E-state index in [0.29, 0.717) is 23.4 Å². The van der Waals surface area contributed by atoms with Crippen LogP contribution in [-0.4, -0.2) is 19.2 Å². The molecule has 0 aliphatic rings. The molecule has 0 radical (unpaired) electrons. The molecule has 0 aliphatic heterocycles. The Morgan fingerprint density at radius 1 is 0.969 bits per heavy atom. The predicted molar refractivity (Wildman–Crippen MR) is 123 cm³/mol. The molecule has 8 nitrogen and oxygen atoms in total. The number of nitro benzene ring substituents is 1. The second kappa shape index (κ2) is 9.61. The van der Waals surface area contributed by atoms with Crippen molar-refractivity contribution in [3.05, 3.63) is 93.5 Å². The van der Waals surface area contributed by atoms with Gasteiger partial charge in [0.15, 0.2) is 0 Å². The third kappa shape index (κ3) is 5.70. The fourth-order valence-corrected chi connectivity index (χ4v) is 4.16. The van der Waals surface area contributed by atoms with Crippen LogP contribution in [0.5, 0.6) is 0 Å². The Bertz CT molecular complexity index is 1240. The second-order valence-electron chi connectivity index (χ2n) is 7.37. The van der Waals surface area contributed by atoms with Crippen LogP contribution in [0.2, 0.25) is 0 Å². The lowest BCUT2D eigenvalue weighted by molar-refractivity contribution is -0.385. The first-order valence-corrected chi connectivity index (χ1v) is 11.4. The maximum absolute atomic E-state index is 12.6. The van der Waals surface area contributed by atoms with Gasteiger partial charge in [-0.25, -0.2) is 8.42 Å². The van der Waals surface area contributed by atoms with Crippen molar-refractivity contribution in [1.82, 2.24) is 0 Å². The SMILES string of the molecule is Cc1ccc(NS(=O)(=O)c2ccc(CCC(=O)Nc3cccc([N+](=O)[O-])c3C)cc2)cc1. The van der Waals surface area contributed by atoms with E-state index in [-0.39, 0.29) is 22.9 Å². The Morgan fingerprint density at radius 3 is 2.25 bits per heavy atom. The number of rotatable bonds is 8. The zero-order valence-electron chi connectivity index (χ0n) is 17.7. The van der Waals surface area contributed by atoms with Crippen LogP contribution in [0, 0.1) is 24.0 Å². The van der Waals surface area contributed by atoms with Gasteiger partial charge in [-0.15, -0.1) is 0 Å². The third-order valence-electron chi connectivity index (χ3n) is 4.95. The van der Waals surface area contributed by atoms with Crippen molar-refractivity contribution in [2.24, 2.45) is 0 Å². The highest BCUT2D eigenvalue weighted by Crippen LogP contribution is 2.25. The fourth-order valence-electron chi connectivity index (χ4n) is 3.10. The van der Waals surface area contributed by atoms with Crippen molar-refractivity contribution in [3.8, 4) is 0 Å². The van der Waals surface area contributed by atoms with E-state index < -0.39 is 14.9 Å². The summed E-state index contributed by atoms with van der Waals surface area (Å²) < 4.78 is 27.6. The molecule has 3 aromatic rings. The molecule has 2 N–H and O–H groups in total. The molecule has 0 fully saturated rings. The van der Waals surface area contributed by atoms with Crippen LogP contribution in [0.3, 0.4) is 0 Å². The van der Waals surface area contributed by atoms with Gasteiger partial charge in [0.1, 0.15) is 0 Å². The Morgan fingerprint density at radius 2 is 1.62 bits per heavy atom. The summed E-state index contributed by atoms with van der Waals surface area (Å²) in [6.45, 7) is 3.50. The highest BCUT2D eigenvalue weighted by atomic mass is 32.2. The number of aryl methyl sites for hydroxylation is 2. The number of hydrogen-bond acceptors (Lipinski definition) is 5. The maximum atomic E-state index is 12.6. The van der Waals surface area contributed by atoms with E-state index in [1.165, 1.54) is 24.3 Å². The summed E-state index contributed by atoms with van der Waals surface area (Å²) in [6.07, 6.45) is 0.543. The van der Waals surface area contributed by atoms with Gasteiger partial charge in [0.05, 0.1) is 21.1 Å². The van der Waals surface area contributed by atoms with E-state index in [1.54, 1.807) is 37.3 Å². The molecule has 166 valence electrons. The van der Waals surface area contributed by atoms with Crippen molar-refractivity contribution in [1.29, 1.82) is 0 Å². The molecular formula is C23H23N3O5S. The summed E-state index contributed by atoms with van der Waals surface area (Å²) >= 11 is 0. The number of hydrogen-bond donors (Lipinski definition) is 2. The van der Waals surface area contributed by atoms with Gasteiger partial charge in [-0.3, -0.25) is 19.6 Å². The number of carbonyl (C=O) groups is 1. The summed E-state index contributed by atoms with van der Waals surface area (Å²) in [4.78, 5) is 22.9. The summed E-state index contributed by atoms with van der Waals surface area (Å²) in [5.41, 5.74) is 3.04. The molecule has 3 aromatic carbocycles. The largest absolute Gasteiger partial charge is 0.326 e. The van der Waals surface area contributed by atoms with Crippen molar-refractivity contribution in [3.63, 3.8) is 0 Å². The van der Waals surface area contributed by atoms with E-state index in [9.17, 15) is 23.3 Å². The maximum Gasteiger partial charge on any atom is 0.274 e. The Hall–Kier alpha value is -3.72. The highest BCUT2D eigenvalue weighted by Gasteiger charge is 2.16. The van der Waals surface area contributed by atoms with Crippen LogP contribution in [-0.2, 0) is 21.2 Å². The Labute approximate surface area is 186 Å². The van der Waals surface area contributed by atoms with E-state index >= 15 is 0 Å². The molecule has 0 aromatic heterocycles. The van der Waals surface area contributed by atoms with E-state index in [0.717, 1.165) is 11.1 Å². The Kier molecular flexibility index (Phi) is 6.89. The van der Waals surface area contributed by atoms with Crippen LogP contribution >= 0.6 is 0 Å². The van der Waals surface area contributed by atoms with Crippen molar-refractivity contribution in [2.75, 3.05) is 10.0 Å². The van der Waals surface area contributed by atoms with E-state index in [4.69, 9.17) is 0 Å². The number of amides is 1. The van der Waals surface area contributed by atoms with Crippen LogP contribution in [0.25, 0.3) is 0 Å². The first kappa shape index (κ1) is 23.0. The lowest BCUT2D eigenvalue weighted by Crippen LogP contribution is -2.14. The minimum absolute atomic E-state index is 0.0566. The number of sulfonamides is 1. The number of nitrogens with one attached hydrogen (secondary N) is 2. The number of nitrogens with zero attached hydrogens (tertiary/aromatic N) is 1. The minimum atomic E-state index is -3.72. The predicted octanol–water partition coefficient (Wildman–Crippen LogP) is 4.58. The zero-order valence-corrected chi connectivity index (χ0v) is 18.5. The molecule has 0 aliphatic carbocycles. The minimum Gasteiger partial charge on any atom is -0.326 e. The van der Waals surface area contributed by atoms with Crippen LogP contribution < -0.4 is 10.0 Å². The topological polar surface area (TPSA) is 118 Å². The molecule has 0 spiro atoms. The van der Waals surface area contributed by atoms with Crippen molar-refractivity contribution in [2.45, 2.75) is 31.6 Å². The monoisotopic (exact) mass is 453 g/mol. The molecule has 0 atom stereocenters. The van der Waals surface area contributed by atoms with Crippen molar-refractivity contribution < 1.29 is 18.1 Å².